The molecular weight excluding hydrogens is 1050 g/mol. The number of carbonyl (C=O) groups excluding carboxylic acids is 5. The number of nitrogens with two attached hydrogens (primary N) is 1. The molecule has 5 N–H and O–H groups in total. The van der Waals surface area contributed by atoms with Crippen LogP contribution in [0, 0.1) is 0 Å². The first kappa shape index (κ1) is 56.1. The maximum absolute atomic E-state index is 12.3. The van der Waals surface area contributed by atoms with Crippen molar-refractivity contribution in [3.05, 3.63) is 154 Å². The molecule has 6 heterocycles. The van der Waals surface area contributed by atoms with E-state index in [1.807, 2.05) is 71.6 Å². The molecule has 2 unspecified atom stereocenters. The van der Waals surface area contributed by atoms with Crippen LogP contribution in [-0.2, 0) is 53.3 Å². The first-order valence-electron chi connectivity index (χ1n) is 25.8. The number of amides is 3. The molecule has 3 aromatic heterocycles. The van der Waals surface area contributed by atoms with Gasteiger partial charge in [0.2, 0.25) is 17.7 Å². The third-order valence-corrected chi connectivity index (χ3v) is 14.5. The normalized spacial score (nSPS) is 17.6. The lowest BCUT2D eigenvalue weighted by Crippen LogP contribution is -2.27. The maximum Gasteiger partial charge on any atom is 0.224 e. The standard InChI is InChI=1S/C20H22N4O2.C19H19N3O2.C14H12BrN3O.C5H6O.CH5NO/c1-13(25)24-12-16-4-3-9-21-20(16)22-18-8-6-15(11-19(18)24)14-5-7-17(10-14)23-26-2;1-12(23)22-11-15-3-2-8-20-19(15)21-17-7-5-14(10-18(17)22)13-4-6-16(24)9-13;1-9(19)18-8-10-3-2-6-16-14(10)17-12-5-4-11(15)7-13(12)18;6-5-3-1-2-4-5;1-3-2/h3-4,6,8-9,11,14H,5,7,10,12H2,1-2H3,(H,21,22);2-3,5,7-8,10,13H,4,6,9,11H2,1H3,(H,20,21);2-7H,8H2,1H3,(H,16,17);1,3H,2,4H2;2H2,1H3/b23-17-;;;;. The van der Waals surface area contributed by atoms with Gasteiger partial charge < -0.3 is 40.3 Å². The van der Waals surface area contributed by atoms with E-state index in [-0.39, 0.29) is 29.4 Å². The summed E-state index contributed by atoms with van der Waals surface area (Å²) >= 11 is 3.45. The number of allylic oxidation sites excluding steroid dienone is 2. The smallest absolute Gasteiger partial charge is 0.224 e. The molecule has 6 aromatic rings. The van der Waals surface area contributed by atoms with Gasteiger partial charge in [-0.05, 0) is 122 Å². The number of ketones is 2. The number of nitrogens with one attached hydrogen (secondary N) is 3. The van der Waals surface area contributed by atoms with Crippen LogP contribution in [0.1, 0.15) is 112 Å². The molecule has 0 saturated heterocycles. The summed E-state index contributed by atoms with van der Waals surface area (Å²) in [4.78, 5) is 85.4. The highest BCUT2D eigenvalue weighted by atomic mass is 79.9. The van der Waals surface area contributed by atoms with Crippen molar-refractivity contribution >= 4 is 103 Å². The maximum atomic E-state index is 12.3. The molecule has 0 spiro atoms. The number of halogens is 1. The number of hydrogen-bond donors (Lipinski definition) is 4. The van der Waals surface area contributed by atoms with Crippen LogP contribution in [-0.4, -0.2) is 64.2 Å². The zero-order chi connectivity index (χ0) is 55.3. The summed E-state index contributed by atoms with van der Waals surface area (Å²) < 4.78 is 0.943. The average molecular weight is 1120 g/mol. The van der Waals surface area contributed by atoms with Gasteiger partial charge in [-0.1, -0.05) is 57.5 Å². The molecule has 19 heteroatoms. The second-order valence-electron chi connectivity index (χ2n) is 19.3. The van der Waals surface area contributed by atoms with Crippen LogP contribution in [0.2, 0.25) is 0 Å². The van der Waals surface area contributed by atoms with Gasteiger partial charge in [-0.15, -0.1) is 0 Å². The van der Waals surface area contributed by atoms with Gasteiger partial charge in [0.25, 0.3) is 0 Å². The molecule has 404 valence electrons. The van der Waals surface area contributed by atoms with Crippen LogP contribution < -0.4 is 36.5 Å². The summed E-state index contributed by atoms with van der Waals surface area (Å²) in [6, 6.07) is 29.9. The topological polar surface area (TPSA) is 227 Å². The minimum atomic E-state index is -0.00518. The van der Waals surface area contributed by atoms with Crippen molar-refractivity contribution in [2.24, 2.45) is 11.1 Å². The predicted molar refractivity (Wildman–Crippen MR) is 307 cm³/mol. The Morgan fingerprint density at radius 2 is 1.05 bits per heavy atom. The van der Waals surface area contributed by atoms with E-state index in [9.17, 15) is 24.0 Å². The Balaban J connectivity index is 0.000000144. The van der Waals surface area contributed by atoms with Gasteiger partial charge in [0.05, 0.1) is 66.6 Å². The second-order valence-corrected chi connectivity index (χ2v) is 20.3. The minimum absolute atomic E-state index is 0.00518. The highest BCUT2D eigenvalue weighted by molar-refractivity contribution is 9.10. The van der Waals surface area contributed by atoms with Crippen molar-refractivity contribution in [3.63, 3.8) is 0 Å². The van der Waals surface area contributed by atoms with Crippen LogP contribution in [0.5, 0.6) is 0 Å². The number of anilines is 9. The van der Waals surface area contributed by atoms with Gasteiger partial charge >= 0.3 is 0 Å². The number of fused-ring (bicyclic) bond motifs is 6. The van der Waals surface area contributed by atoms with Gasteiger partial charge in [-0.3, -0.25) is 24.0 Å². The number of hydrogen-bond acceptors (Lipinski definition) is 15. The van der Waals surface area contributed by atoms with Crippen LogP contribution in [0.4, 0.5) is 51.6 Å². The summed E-state index contributed by atoms with van der Waals surface area (Å²) in [6.45, 7) is 6.29. The first-order chi connectivity index (χ1) is 37.7. The third kappa shape index (κ3) is 13.9. The van der Waals surface area contributed by atoms with Crippen molar-refractivity contribution in [1.82, 2.24) is 15.0 Å². The number of Topliss-reactive ketones (excluding diaryl/α,β-unsaturated/α-hetero) is 1. The molecule has 0 bridgehead atoms. The van der Waals surface area contributed by atoms with Crippen molar-refractivity contribution in [3.8, 4) is 0 Å². The monoisotopic (exact) mass is 1120 g/mol. The molecule has 3 aromatic carbocycles. The highest BCUT2D eigenvalue weighted by Crippen LogP contribution is 2.43. The van der Waals surface area contributed by atoms with Gasteiger partial charge in [0.1, 0.15) is 30.3 Å². The van der Waals surface area contributed by atoms with E-state index in [4.69, 9.17) is 4.84 Å². The molecule has 3 aliphatic carbocycles. The minimum Gasteiger partial charge on any atom is -0.399 e. The SMILES string of the molecule is CC(=O)N1Cc2cccnc2Nc2ccc(Br)cc21.CC(=O)N1Cc2cccnc2Nc2ccc(C3CCC(=O)C3)cc21.CO/N=C1/CCC(c2ccc3c(c2)N(C(C)=O)Cc2cccnc2N3)C1.CON.O=C1C=CCC1. The van der Waals surface area contributed by atoms with E-state index >= 15 is 0 Å². The quantitative estimate of drug-likeness (QED) is 0.121. The molecule has 3 amide bonds. The number of nitrogens with zero attached hydrogens (tertiary/aromatic N) is 7. The molecule has 18 nitrogen and oxygen atoms in total. The highest BCUT2D eigenvalue weighted by Gasteiger charge is 2.30. The van der Waals surface area contributed by atoms with Crippen LogP contribution in [0.3, 0.4) is 0 Å². The molecule has 2 saturated carbocycles. The molecule has 12 rings (SSSR count). The Hall–Kier alpha value is -8.13. The van der Waals surface area contributed by atoms with Crippen LogP contribution in [0.25, 0.3) is 0 Å². The first-order valence-corrected chi connectivity index (χ1v) is 26.6. The summed E-state index contributed by atoms with van der Waals surface area (Å²) in [5.74, 6) is 8.04. The molecule has 78 heavy (non-hydrogen) atoms. The summed E-state index contributed by atoms with van der Waals surface area (Å²) in [5.41, 5.74) is 11.8. The van der Waals surface area contributed by atoms with Gasteiger partial charge in [0.15, 0.2) is 5.78 Å². The molecular formula is C59H64BrN11O7. The fraction of sp³-hybridized carbons (Fsp3) is 0.305. The molecule has 2 fully saturated rings. The van der Waals surface area contributed by atoms with Gasteiger partial charge in [-0.25, -0.2) is 20.8 Å². The number of oxime groups is 1. The average Bonchev–Trinajstić information content (AvgIpc) is 4.17. The Labute approximate surface area is 462 Å². The number of aromatic nitrogens is 3. The number of benzene rings is 3. The van der Waals surface area contributed by atoms with E-state index in [2.05, 4.69) is 93.1 Å². The van der Waals surface area contributed by atoms with E-state index in [1.54, 1.807) is 62.3 Å². The van der Waals surface area contributed by atoms with Crippen molar-refractivity contribution in [2.75, 3.05) is 44.9 Å². The molecule has 6 aliphatic rings. The fourth-order valence-electron chi connectivity index (χ4n) is 10.1. The van der Waals surface area contributed by atoms with E-state index < -0.39 is 0 Å². The third-order valence-electron chi connectivity index (χ3n) is 14.0. The second kappa shape index (κ2) is 26.3. The molecule has 2 atom stereocenters. The van der Waals surface area contributed by atoms with Crippen LogP contribution in [0.15, 0.2) is 131 Å². The van der Waals surface area contributed by atoms with Gasteiger partial charge in [0, 0.05) is 79.8 Å². The van der Waals surface area contributed by atoms with Gasteiger partial charge in [-0.2, -0.15) is 0 Å². The summed E-state index contributed by atoms with van der Waals surface area (Å²) in [5, 5.41) is 14.1. The lowest BCUT2D eigenvalue weighted by molar-refractivity contribution is -0.118. The lowest BCUT2D eigenvalue weighted by Gasteiger charge is -2.22. The van der Waals surface area contributed by atoms with E-state index in [1.165, 1.54) is 12.7 Å². The van der Waals surface area contributed by atoms with E-state index in [0.29, 0.717) is 44.2 Å². The van der Waals surface area contributed by atoms with Crippen LogP contribution >= 0.6 is 15.9 Å². The van der Waals surface area contributed by atoms with E-state index in [0.717, 1.165) is 123 Å². The molecule has 0 radical (unpaired) electrons. The molecule has 3 aliphatic heterocycles. The summed E-state index contributed by atoms with van der Waals surface area (Å²) in [6.07, 6.45) is 15.6. The Morgan fingerprint density at radius 1 is 0.615 bits per heavy atom. The largest absolute Gasteiger partial charge is 0.399 e. The zero-order valence-corrected chi connectivity index (χ0v) is 46.0. The Kier molecular flexibility index (Phi) is 18.9. The summed E-state index contributed by atoms with van der Waals surface area (Å²) in [7, 11) is 2.99. The lowest BCUT2D eigenvalue weighted by atomic mass is 9.96. The number of rotatable bonds is 3. The zero-order valence-electron chi connectivity index (χ0n) is 44.4. The Bertz CT molecular complexity index is 3260. The number of carbonyl (C=O) groups is 5. The fourth-order valence-corrected chi connectivity index (χ4v) is 10.4. The number of pyridine rings is 3. The Morgan fingerprint density at radius 3 is 1.44 bits per heavy atom. The predicted octanol–water partition coefficient (Wildman–Crippen LogP) is 11.4. The van der Waals surface area contributed by atoms with Crippen molar-refractivity contribution in [1.29, 1.82) is 0 Å². The van der Waals surface area contributed by atoms with Crippen molar-refractivity contribution < 1.29 is 33.6 Å². The van der Waals surface area contributed by atoms with Crippen molar-refractivity contribution in [2.45, 2.75) is 104 Å².